The Morgan fingerprint density at radius 1 is 1.32 bits per heavy atom. The molecule has 0 radical (unpaired) electrons. The fraction of sp³-hybridized carbons (Fsp3) is 0.400. The monoisotopic (exact) mass is 259 g/mol. The van der Waals surface area contributed by atoms with Gasteiger partial charge in [-0.25, -0.2) is 0 Å². The zero-order chi connectivity index (χ0) is 13.5. The normalized spacial score (nSPS) is 18.1. The molecule has 0 bridgehead atoms. The van der Waals surface area contributed by atoms with E-state index in [4.69, 9.17) is 9.26 Å². The fourth-order valence-corrected chi connectivity index (χ4v) is 2.26. The maximum absolute atomic E-state index is 10.4. The first kappa shape index (κ1) is 12.2. The highest BCUT2D eigenvalue weighted by molar-refractivity contribution is 5.60. The zero-order valence-electron chi connectivity index (χ0n) is 11.1. The third-order valence-corrected chi connectivity index (χ3v) is 3.77. The summed E-state index contributed by atoms with van der Waals surface area (Å²) in [6, 6.07) is 9.42. The quantitative estimate of drug-likeness (QED) is 0.917. The van der Waals surface area contributed by atoms with E-state index in [1.54, 1.807) is 14.0 Å². The second kappa shape index (κ2) is 4.38. The van der Waals surface area contributed by atoms with Gasteiger partial charge in [0.15, 0.2) is 5.76 Å². The lowest BCUT2D eigenvalue weighted by Gasteiger charge is -2.18. The molecular formula is C15H17NO3. The maximum Gasteiger partial charge on any atom is 0.168 e. The summed E-state index contributed by atoms with van der Waals surface area (Å²) in [6.45, 7) is 1.79. The highest BCUT2D eigenvalue weighted by atomic mass is 16.5. The van der Waals surface area contributed by atoms with Crippen molar-refractivity contribution in [2.45, 2.75) is 25.4 Å². The molecule has 0 unspecified atom stereocenters. The van der Waals surface area contributed by atoms with Gasteiger partial charge < -0.3 is 14.4 Å². The first-order valence-electron chi connectivity index (χ1n) is 6.45. The summed E-state index contributed by atoms with van der Waals surface area (Å²) in [7, 11) is 1.63. The van der Waals surface area contributed by atoms with Gasteiger partial charge in [-0.05, 0) is 49.9 Å². The third-order valence-electron chi connectivity index (χ3n) is 3.77. The van der Waals surface area contributed by atoms with Crippen molar-refractivity contribution in [2.24, 2.45) is 5.92 Å². The van der Waals surface area contributed by atoms with E-state index in [1.807, 2.05) is 30.3 Å². The summed E-state index contributed by atoms with van der Waals surface area (Å²) in [6.07, 6.45) is 2.09. The largest absolute Gasteiger partial charge is 0.497 e. The third kappa shape index (κ3) is 2.24. The molecular weight excluding hydrogens is 242 g/mol. The van der Waals surface area contributed by atoms with E-state index in [9.17, 15) is 5.11 Å². The Hall–Kier alpha value is -1.81. The van der Waals surface area contributed by atoms with Crippen molar-refractivity contribution in [3.05, 3.63) is 36.1 Å². The maximum atomic E-state index is 10.4. The van der Waals surface area contributed by atoms with Gasteiger partial charge in [-0.3, -0.25) is 0 Å². The second-order valence-electron chi connectivity index (χ2n) is 5.23. The molecule has 0 spiro atoms. The number of hydrogen-bond donors (Lipinski definition) is 1. The van der Waals surface area contributed by atoms with Gasteiger partial charge in [0.25, 0.3) is 0 Å². The molecule has 2 aromatic rings. The van der Waals surface area contributed by atoms with Gasteiger partial charge in [-0.2, -0.15) is 0 Å². The van der Waals surface area contributed by atoms with E-state index in [1.165, 1.54) is 0 Å². The van der Waals surface area contributed by atoms with Crippen molar-refractivity contribution in [1.82, 2.24) is 5.16 Å². The Balaban J connectivity index is 1.87. The molecule has 0 amide bonds. The Kier molecular flexibility index (Phi) is 2.82. The van der Waals surface area contributed by atoms with Crippen LogP contribution in [0.5, 0.6) is 5.75 Å². The molecule has 1 aromatic carbocycles. The highest BCUT2D eigenvalue weighted by Crippen LogP contribution is 2.45. The van der Waals surface area contributed by atoms with Crippen LogP contribution in [0.3, 0.4) is 0 Å². The highest BCUT2D eigenvalue weighted by Gasteiger charge is 2.44. The number of ether oxygens (including phenoxy) is 1. The minimum Gasteiger partial charge on any atom is -0.497 e. The van der Waals surface area contributed by atoms with Gasteiger partial charge >= 0.3 is 0 Å². The van der Waals surface area contributed by atoms with Gasteiger partial charge in [-0.15, -0.1) is 0 Å². The van der Waals surface area contributed by atoms with Crippen LogP contribution in [0.1, 0.15) is 25.5 Å². The Morgan fingerprint density at radius 3 is 2.58 bits per heavy atom. The van der Waals surface area contributed by atoms with Crippen LogP contribution in [0.25, 0.3) is 11.3 Å². The van der Waals surface area contributed by atoms with Crippen LogP contribution in [0, 0.1) is 5.92 Å². The summed E-state index contributed by atoms with van der Waals surface area (Å²) in [5.41, 5.74) is 0.776. The van der Waals surface area contributed by atoms with Gasteiger partial charge in [0.05, 0.1) is 7.11 Å². The van der Waals surface area contributed by atoms with Crippen LogP contribution >= 0.6 is 0 Å². The number of aromatic nitrogens is 1. The summed E-state index contributed by atoms with van der Waals surface area (Å²) in [5.74, 6) is 1.64. The number of nitrogens with zero attached hydrogens (tertiary/aromatic N) is 1. The Bertz CT molecular complexity index is 567. The van der Waals surface area contributed by atoms with Crippen LogP contribution in [-0.2, 0) is 5.60 Å². The molecule has 1 heterocycles. The smallest absolute Gasteiger partial charge is 0.168 e. The number of benzene rings is 1. The first-order valence-corrected chi connectivity index (χ1v) is 6.45. The topological polar surface area (TPSA) is 55.5 Å². The van der Waals surface area contributed by atoms with Gasteiger partial charge in [-0.1, -0.05) is 5.16 Å². The van der Waals surface area contributed by atoms with E-state index < -0.39 is 5.60 Å². The van der Waals surface area contributed by atoms with Gasteiger partial charge in [0, 0.05) is 11.6 Å². The van der Waals surface area contributed by atoms with Crippen molar-refractivity contribution in [3.63, 3.8) is 0 Å². The minimum atomic E-state index is -0.905. The zero-order valence-corrected chi connectivity index (χ0v) is 11.1. The van der Waals surface area contributed by atoms with Crippen molar-refractivity contribution in [3.8, 4) is 17.0 Å². The molecule has 0 saturated heterocycles. The first-order chi connectivity index (χ1) is 9.11. The molecule has 1 saturated carbocycles. The summed E-state index contributed by atoms with van der Waals surface area (Å²) in [4.78, 5) is 0. The second-order valence-corrected chi connectivity index (χ2v) is 5.23. The molecule has 1 aliphatic rings. The minimum absolute atomic E-state index is 0.296. The van der Waals surface area contributed by atoms with Crippen LogP contribution in [0.15, 0.2) is 34.9 Å². The van der Waals surface area contributed by atoms with E-state index >= 15 is 0 Å². The van der Waals surface area contributed by atoms with Crippen LogP contribution in [0.4, 0.5) is 0 Å². The van der Waals surface area contributed by atoms with Crippen molar-refractivity contribution < 1.29 is 14.4 Å². The average molecular weight is 259 g/mol. The molecule has 0 aliphatic heterocycles. The molecule has 1 aromatic heterocycles. The van der Waals surface area contributed by atoms with Crippen LogP contribution < -0.4 is 4.74 Å². The summed E-state index contributed by atoms with van der Waals surface area (Å²) >= 11 is 0. The van der Waals surface area contributed by atoms with E-state index in [0.29, 0.717) is 11.7 Å². The average Bonchev–Trinajstić information content (AvgIpc) is 3.17. The predicted octanol–water partition coefficient (Wildman–Crippen LogP) is 2.97. The van der Waals surface area contributed by atoms with Crippen molar-refractivity contribution in [1.29, 1.82) is 0 Å². The van der Waals surface area contributed by atoms with Crippen molar-refractivity contribution in [2.75, 3.05) is 7.11 Å². The molecule has 1 N–H and O–H groups in total. The molecule has 3 rings (SSSR count). The number of aliphatic hydroxyl groups is 1. The van der Waals surface area contributed by atoms with Gasteiger partial charge in [0.2, 0.25) is 0 Å². The van der Waals surface area contributed by atoms with Crippen LogP contribution in [0.2, 0.25) is 0 Å². The lowest BCUT2D eigenvalue weighted by molar-refractivity contribution is 0.00603. The molecule has 4 nitrogen and oxygen atoms in total. The molecule has 1 fully saturated rings. The Morgan fingerprint density at radius 2 is 2.00 bits per heavy atom. The van der Waals surface area contributed by atoms with E-state index in [-0.39, 0.29) is 0 Å². The number of methoxy groups -OCH3 is 1. The molecule has 1 atom stereocenters. The van der Waals surface area contributed by atoms with Crippen LogP contribution in [-0.4, -0.2) is 17.4 Å². The number of rotatable bonds is 4. The fourth-order valence-electron chi connectivity index (χ4n) is 2.26. The predicted molar refractivity (Wildman–Crippen MR) is 70.8 cm³/mol. The van der Waals surface area contributed by atoms with E-state index in [2.05, 4.69) is 5.16 Å². The Labute approximate surface area is 112 Å². The number of hydrogen-bond acceptors (Lipinski definition) is 4. The SMILES string of the molecule is COc1ccc(-c2cc([C@](C)(O)C3CC3)on2)cc1. The summed E-state index contributed by atoms with van der Waals surface area (Å²) < 4.78 is 10.4. The summed E-state index contributed by atoms with van der Waals surface area (Å²) in [5, 5.41) is 14.5. The molecule has 100 valence electrons. The molecule has 4 heteroatoms. The lowest BCUT2D eigenvalue weighted by atomic mass is 9.96. The van der Waals surface area contributed by atoms with Crippen molar-refractivity contribution >= 4 is 0 Å². The standard InChI is InChI=1S/C15H17NO3/c1-15(17,11-5-6-11)14-9-13(16-19-14)10-3-7-12(18-2)8-4-10/h3-4,7-9,11,17H,5-6H2,1-2H3/t15-/m1/s1. The van der Waals surface area contributed by atoms with E-state index in [0.717, 1.165) is 29.8 Å². The lowest BCUT2D eigenvalue weighted by Crippen LogP contribution is -2.22. The molecule has 1 aliphatic carbocycles. The molecule has 19 heavy (non-hydrogen) atoms. The van der Waals surface area contributed by atoms with Gasteiger partial charge in [0.1, 0.15) is 17.0 Å².